The lowest BCUT2D eigenvalue weighted by Gasteiger charge is -2.25. The van der Waals surface area contributed by atoms with Gasteiger partial charge in [0.1, 0.15) is 11.5 Å². The largest absolute Gasteiger partial charge is 0.545 e. The molecule has 1 amide bonds. The summed E-state index contributed by atoms with van der Waals surface area (Å²) >= 11 is 0. The number of nitrogens with zero attached hydrogens (tertiary/aromatic N) is 1. The minimum absolute atomic E-state index is 0.000262. The molecule has 0 saturated heterocycles. The molecule has 33 heavy (non-hydrogen) atoms. The van der Waals surface area contributed by atoms with Crippen LogP contribution < -0.4 is 30.5 Å². The van der Waals surface area contributed by atoms with E-state index in [4.69, 9.17) is 4.74 Å². The molecule has 0 radical (unpaired) electrons. The number of benzene rings is 3. The van der Waals surface area contributed by atoms with Crippen molar-refractivity contribution in [1.82, 2.24) is 5.32 Å². The number of anilines is 1. The smallest absolute Gasteiger partial charge is 0.251 e. The van der Waals surface area contributed by atoms with E-state index in [1.165, 1.54) is 12.1 Å². The highest BCUT2D eigenvalue weighted by molar-refractivity contribution is 6.01. The van der Waals surface area contributed by atoms with E-state index >= 15 is 0 Å². The summed E-state index contributed by atoms with van der Waals surface area (Å²) in [7, 11) is 3.87. The van der Waals surface area contributed by atoms with Crippen LogP contribution >= 0.6 is 0 Å². The molecule has 0 fully saturated rings. The van der Waals surface area contributed by atoms with Crippen molar-refractivity contribution in [3.8, 4) is 11.5 Å². The van der Waals surface area contributed by atoms with Crippen molar-refractivity contribution >= 4 is 29.7 Å². The van der Waals surface area contributed by atoms with Crippen LogP contribution in [0.25, 0.3) is 12.2 Å². The Hall–Kier alpha value is -4.06. The van der Waals surface area contributed by atoms with Crippen LogP contribution in [-0.2, 0) is 0 Å². The fraction of sp³-hybridized carbons (Fsp3) is 0.185. The molecule has 0 aliphatic carbocycles. The number of hydrogen-bond donors (Lipinski definition) is 1. The Morgan fingerprint density at radius 1 is 0.970 bits per heavy atom. The maximum Gasteiger partial charge on any atom is 0.251 e. The first-order chi connectivity index (χ1) is 15.7. The summed E-state index contributed by atoms with van der Waals surface area (Å²) in [6.07, 6.45) is 0. The van der Waals surface area contributed by atoms with Gasteiger partial charge in [0.25, 0.3) is 5.91 Å². The van der Waals surface area contributed by atoms with E-state index in [0.717, 1.165) is 21.7 Å². The lowest BCUT2D eigenvalue weighted by molar-refractivity contribution is -0.255. The van der Waals surface area contributed by atoms with Gasteiger partial charge in [0.15, 0.2) is 0 Å². The zero-order valence-corrected chi connectivity index (χ0v) is 19.1. The van der Waals surface area contributed by atoms with Gasteiger partial charge in [-0.15, -0.1) is 0 Å². The van der Waals surface area contributed by atoms with Crippen molar-refractivity contribution < 1.29 is 19.4 Å². The third-order valence-electron chi connectivity index (χ3n) is 5.48. The Bertz CT molecular complexity index is 1390. The van der Waals surface area contributed by atoms with Crippen LogP contribution in [0.1, 0.15) is 45.7 Å². The summed E-state index contributed by atoms with van der Waals surface area (Å²) in [6, 6.07) is 15.7. The minimum atomic E-state index is -1.32. The van der Waals surface area contributed by atoms with Crippen molar-refractivity contribution in [2.75, 3.05) is 19.0 Å². The number of ether oxygens (including phenoxy) is 1. The van der Waals surface area contributed by atoms with Crippen LogP contribution in [0.2, 0.25) is 0 Å². The molecule has 1 aliphatic rings. The summed E-state index contributed by atoms with van der Waals surface area (Å²) in [5.41, 5.74) is 3.09. The first-order valence-corrected chi connectivity index (χ1v) is 10.6. The van der Waals surface area contributed by atoms with Crippen LogP contribution in [0, 0.1) is 0 Å². The van der Waals surface area contributed by atoms with E-state index in [2.05, 4.69) is 11.9 Å². The SMILES string of the molecule is C=c1ccc2c(c1)Oc1cc(N(C)C)ccc1C=2c1cc(C(=O)NC(C)C)ccc1C(=O)[O-]. The molecular weight excluding hydrogens is 416 g/mol. The van der Waals surface area contributed by atoms with E-state index < -0.39 is 5.97 Å². The van der Waals surface area contributed by atoms with E-state index in [1.54, 1.807) is 6.07 Å². The number of carboxylic acids is 1. The molecule has 4 rings (SSSR count). The van der Waals surface area contributed by atoms with Crippen molar-refractivity contribution in [3.63, 3.8) is 0 Å². The third kappa shape index (κ3) is 4.20. The summed E-state index contributed by atoms with van der Waals surface area (Å²) in [6.45, 7) is 7.72. The van der Waals surface area contributed by atoms with Gasteiger partial charge in [-0.1, -0.05) is 24.8 Å². The fourth-order valence-corrected chi connectivity index (χ4v) is 3.91. The van der Waals surface area contributed by atoms with E-state index in [-0.39, 0.29) is 17.5 Å². The molecule has 1 aliphatic heterocycles. The molecular formula is C27H25N2O4-. The van der Waals surface area contributed by atoms with E-state index in [0.29, 0.717) is 28.2 Å². The van der Waals surface area contributed by atoms with Crippen LogP contribution in [0.4, 0.5) is 5.69 Å². The number of carbonyl (C=O) groups excluding carboxylic acids is 2. The summed E-state index contributed by atoms with van der Waals surface area (Å²) in [5, 5.41) is 16.4. The number of rotatable bonds is 5. The number of fused-ring (bicyclic) bond motifs is 2. The second kappa shape index (κ2) is 8.47. The highest BCUT2D eigenvalue weighted by Crippen LogP contribution is 2.39. The van der Waals surface area contributed by atoms with Gasteiger partial charge in [0.05, 0.1) is 5.97 Å². The van der Waals surface area contributed by atoms with Gasteiger partial charge in [-0.2, -0.15) is 0 Å². The molecule has 0 bridgehead atoms. The lowest BCUT2D eigenvalue weighted by Crippen LogP contribution is -2.31. The summed E-state index contributed by atoms with van der Waals surface area (Å²) < 4.78 is 6.20. The van der Waals surface area contributed by atoms with Crippen LogP contribution in [0.5, 0.6) is 11.5 Å². The van der Waals surface area contributed by atoms with Gasteiger partial charge in [-0.25, -0.2) is 0 Å². The maximum atomic E-state index is 12.7. The topological polar surface area (TPSA) is 81.7 Å². The predicted octanol–water partition coefficient (Wildman–Crippen LogP) is 2.02. The van der Waals surface area contributed by atoms with Gasteiger partial charge in [0.2, 0.25) is 0 Å². The third-order valence-corrected chi connectivity index (χ3v) is 5.48. The number of hydrogen-bond acceptors (Lipinski definition) is 5. The highest BCUT2D eigenvalue weighted by atomic mass is 16.5. The highest BCUT2D eigenvalue weighted by Gasteiger charge is 2.24. The number of aromatic carboxylic acids is 1. The average molecular weight is 442 g/mol. The first-order valence-electron chi connectivity index (χ1n) is 10.6. The average Bonchev–Trinajstić information content (AvgIpc) is 2.75. The molecule has 168 valence electrons. The Balaban J connectivity index is 2.05. The van der Waals surface area contributed by atoms with Crippen molar-refractivity contribution in [1.29, 1.82) is 0 Å². The Morgan fingerprint density at radius 2 is 1.73 bits per heavy atom. The van der Waals surface area contributed by atoms with Gasteiger partial charge in [-0.3, -0.25) is 4.79 Å². The first kappa shape index (κ1) is 22.1. The van der Waals surface area contributed by atoms with Crippen molar-refractivity contribution in [2.45, 2.75) is 19.9 Å². The minimum Gasteiger partial charge on any atom is -0.545 e. The number of amides is 1. The normalized spacial score (nSPS) is 12.0. The molecule has 3 aromatic rings. The maximum absolute atomic E-state index is 12.7. The molecule has 0 atom stereocenters. The van der Waals surface area contributed by atoms with E-state index in [1.807, 2.05) is 69.2 Å². The van der Waals surface area contributed by atoms with Crippen LogP contribution in [0.3, 0.4) is 0 Å². The summed E-state index contributed by atoms with van der Waals surface area (Å²) in [4.78, 5) is 26.7. The molecule has 1 heterocycles. The standard InChI is InChI=1S/C27H26N2O4/c1-15(2)28-26(30)17-7-10-19(27(31)32)22(13-17)25-20-9-6-16(3)12-23(20)33-24-14-18(29(4)5)8-11-21(24)25/h6-15H,3H2,1-2,4-5H3,(H,28,30)(H,31,32)/p-1. The molecule has 0 spiro atoms. The molecule has 3 aromatic carbocycles. The summed E-state index contributed by atoms with van der Waals surface area (Å²) in [5.74, 6) is -0.431. The molecule has 0 saturated carbocycles. The Morgan fingerprint density at radius 3 is 2.39 bits per heavy atom. The van der Waals surface area contributed by atoms with Gasteiger partial charge in [-0.05, 0) is 55.0 Å². The van der Waals surface area contributed by atoms with Gasteiger partial charge < -0.3 is 24.9 Å². The predicted molar refractivity (Wildman–Crippen MR) is 127 cm³/mol. The Kier molecular flexibility index (Phi) is 5.68. The van der Waals surface area contributed by atoms with Crippen molar-refractivity contribution in [2.24, 2.45) is 0 Å². The number of carbonyl (C=O) groups is 2. The van der Waals surface area contributed by atoms with Crippen molar-refractivity contribution in [3.05, 3.63) is 87.3 Å². The molecule has 0 aromatic heterocycles. The molecule has 1 N–H and O–H groups in total. The second-order valence-electron chi connectivity index (χ2n) is 8.56. The van der Waals surface area contributed by atoms with Crippen LogP contribution in [-0.4, -0.2) is 32.0 Å². The molecule has 0 unspecified atom stereocenters. The fourth-order valence-electron chi connectivity index (χ4n) is 3.91. The number of nitrogens with one attached hydrogen (secondary N) is 1. The molecule has 6 nitrogen and oxygen atoms in total. The zero-order chi connectivity index (χ0) is 23.9. The lowest BCUT2D eigenvalue weighted by atomic mass is 9.88. The monoisotopic (exact) mass is 441 g/mol. The van der Waals surface area contributed by atoms with Gasteiger partial charge >= 0.3 is 0 Å². The number of carboxylic acid groups (broad SMARTS) is 1. The molecule has 6 heteroatoms. The zero-order valence-electron chi connectivity index (χ0n) is 19.1. The van der Waals surface area contributed by atoms with Gasteiger partial charge in [0, 0.05) is 59.4 Å². The second-order valence-corrected chi connectivity index (χ2v) is 8.56. The Labute approximate surface area is 192 Å². The quantitative estimate of drug-likeness (QED) is 0.513. The van der Waals surface area contributed by atoms with E-state index in [9.17, 15) is 14.7 Å². The van der Waals surface area contributed by atoms with Crippen LogP contribution in [0.15, 0.2) is 54.6 Å².